The predicted octanol–water partition coefficient (Wildman–Crippen LogP) is 2.97. The fourth-order valence-electron chi connectivity index (χ4n) is 2.10. The molecule has 0 aliphatic carbocycles. The van der Waals surface area contributed by atoms with Crippen LogP contribution in [0, 0.1) is 0 Å². The Balaban J connectivity index is 1.96. The van der Waals surface area contributed by atoms with Crippen LogP contribution in [0.5, 0.6) is 0 Å². The van der Waals surface area contributed by atoms with Crippen LogP contribution in [0.1, 0.15) is 37.6 Å². The van der Waals surface area contributed by atoms with Crippen molar-refractivity contribution in [3.63, 3.8) is 0 Å². The molecule has 3 heteroatoms. The fourth-order valence-corrected chi connectivity index (χ4v) is 2.97. The Morgan fingerprint density at radius 1 is 1.67 bits per heavy atom. The van der Waals surface area contributed by atoms with Crippen LogP contribution < -0.4 is 5.32 Å². The molecule has 0 bridgehead atoms. The molecular formula is C12H19NOS. The summed E-state index contributed by atoms with van der Waals surface area (Å²) in [6.07, 6.45) is 2.64. The minimum Gasteiger partial charge on any atom is -0.377 e. The zero-order chi connectivity index (χ0) is 10.7. The maximum atomic E-state index is 5.57. The molecule has 15 heavy (non-hydrogen) atoms. The van der Waals surface area contributed by atoms with Gasteiger partial charge in [-0.2, -0.15) is 0 Å². The molecule has 0 aromatic carbocycles. The molecule has 1 aliphatic rings. The van der Waals surface area contributed by atoms with Gasteiger partial charge in [-0.15, -0.1) is 11.3 Å². The zero-order valence-electron chi connectivity index (χ0n) is 9.40. The van der Waals surface area contributed by atoms with Crippen LogP contribution in [-0.4, -0.2) is 18.8 Å². The van der Waals surface area contributed by atoms with Gasteiger partial charge in [-0.1, -0.05) is 13.0 Å². The van der Waals surface area contributed by atoms with E-state index in [2.05, 4.69) is 36.7 Å². The summed E-state index contributed by atoms with van der Waals surface area (Å²) >= 11 is 1.84. The predicted molar refractivity (Wildman–Crippen MR) is 64.3 cm³/mol. The average Bonchev–Trinajstić information content (AvgIpc) is 2.86. The lowest BCUT2D eigenvalue weighted by molar-refractivity contribution is 0.111. The van der Waals surface area contributed by atoms with Crippen molar-refractivity contribution < 1.29 is 4.74 Å². The van der Waals surface area contributed by atoms with Gasteiger partial charge in [0, 0.05) is 23.6 Å². The standard InChI is InChI=1S/C12H19NOS/c1-3-10(12-5-4-8-15-12)13-11-6-7-14-9(11)2/h4-5,8-11,13H,3,6-7H2,1-2H3. The number of rotatable bonds is 4. The van der Waals surface area contributed by atoms with E-state index in [9.17, 15) is 0 Å². The molecule has 84 valence electrons. The molecular weight excluding hydrogens is 206 g/mol. The van der Waals surface area contributed by atoms with E-state index in [0.29, 0.717) is 18.2 Å². The van der Waals surface area contributed by atoms with Gasteiger partial charge in [0.25, 0.3) is 0 Å². The Labute approximate surface area is 95.6 Å². The van der Waals surface area contributed by atoms with Crippen LogP contribution in [0.15, 0.2) is 17.5 Å². The van der Waals surface area contributed by atoms with Gasteiger partial charge in [0.15, 0.2) is 0 Å². The second-order valence-corrected chi connectivity index (χ2v) is 5.09. The Kier molecular flexibility index (Phi) is 3.78. The van der Waals surface area contributed by atoms with Gasteiger partial charge in [-0.05, 0) is 31.2 Å². The van der Waals surface area contributed by atoms with Gasteiger partial charge in [-0.25, -0.2) is 0 Å². The van der Waals surface area contributed by atoms with E-state index in [-0.39, 0.29) is 0 Å². The summed E-state index contributed by atoms with van der Waals surface area (Å²) in [7, 11) is 0. The molecule has 3 unspecified atom stereocenters. The number of hydrogen-bond donors (Lipinski definition) is 1. The van der Waals surface area contributed by atoms with Crippen molar-refractivity contribution in [1.82, 2.24) is 5.32 Å². The largest absolute Gasteiger partial charge is 0.377 e. The molecule has 2 heterocycles. The summed E-state index contributed by atoms with van der Waals surface area (Å²) in [5.41, 5.74) is 0. The average molecular weight is 225 g/mol. The van der Waals surface area contributed by atoms with Crippen molar-refractivity contribution in [2.24, 2.45) is 0 Å². The first-order valence-electron chi connectivity index (χ1n) is 5.72. The van der Waals surface area contributed by atoms with Crippen LogP contribution >= 0.6 is 11.3 Å². The molecule has 1 aliphatic heterocycles. The van der Waals surface area contributed by atoms with Crippen molar-refractivity contribution in [1.29, 1.82) is 0 Å². The number of thiophene rings is 1. The molecule has 0 radical (unpaired) electrons. The normalized spacial score (nSPS) is 28.1. The Morgan fingerprint density at radius 3 is 3.07 bits per heavy atom. The monoisotopic (exact) mass is 225 g/mol. The van der Waals surface area contributed by atoms with Crippen molar-refractivity contribution in [2.45, 2.75) is 44.9 Å². The first-order valence-corrected chi connectivity index (χ1v) is 6.60. The molecule has 2 rings (SSSR count). The second kappa shape index (κ2) is 5.10. The molecule has 2 nitrogen and oxygen atoms in total. The maximum Gasteiger partial charge on any atom is 0.0700 e. The van der Waals surface area contributed by atoms with E-state index in [1.54, 1.807) is 0 Å². The van der Waals surface area contributed by atoms with Gasteiger partial charge in [-0.3, -0.25) is 0 Å². The highest BCUT2D eigenvalue weighted by Crippen LogP contribution is 2.24. The lowest BCUT2D eigenvalue weighted by Gasteiger charge is -2.22. The van der Waals surface area contributed by atoms with Crippen LogP contribution in [-0.2, 0) is 4.74 Å². The van der Waals surface area contributed by atoms with E-state index in [1.165, 1.54) is 4.88 Å². The van der Waals surface area contributed by atoms with Crippen molar-refractivity contribution in [3.05, 3.63) is 22.4 Å². The highest BCUT2D eigenvalue weighted by molar-refractivity contribution is 7.10. The first-order chi connectivity index (χ1) is 7.31. The number of nitrogens with one attached hydrogen (secondary N) is 1. The lowest BCUT2D eigenvalue weighted by atomic mass is 10.1. The third-order valence-corrected chi connectivity index (χ3v) is 4.07. The summed E-state index contributed by atoms with van der Waals surface area (Å²) in [4.78, 5) is 1.44. The van der Waals surface area contributed by atoms with Crippen LogP contribution in [0.2, 0.25) is 0 Å². The van der Waals surface area contributed by atoms with Crippen LogP contribution in [0.25, 0.3) is 0 Å². The first kappa shape index (κ1) is 11.1. The van der Waals surface area contributed by atoms with Crippen LogP contribution in [0.3, 0.4) is 0 Å². The Hall–Kier alpha value is -0.380. The summed E-state index contributed by atoms with van der Waals surface area (Å²) < 4.78 is 5.57. The van der Waals surface area contributed by atoms with Crippen molar-refractivity contribution in [3.8, 4) is 0 Å². The molecule has 0 spiro atoms. The summed E-state index contributed by atoms with van der Waals surface area (Å²) in [5, 5.41) is 5.85. The van der Waals surface area contributed by atoms with Crippen molar-refractivity contribution in [2.75, 3.05) is 6.61 Å². The topological polar surface area (TPSA) is 21.3 Å². The van der Waals surface area contributed by atoms with E-state index in [1.807, 2.05) is 11.3 Å². The molecule has 0 amide bonds. The molecule has 1 fully saturated rings. The summed E-state index contributed by atoms with van der Waals surface area (Å²) in [6.45, 7) is 5.30. The third kappa shape index (κ3) is 2.60. The molecule has 1 aromatic rings. The van der Waals surface area contributed by atoms with Gasteiger partial charge in [0.2, 0.25) is 0 Å². The minimum absolute atomic E-state index is 0.360. The van der Waals surface area contributed by atoms with E-state index in [4.69, 9.17) is 4.74 Å². The van der Waals surface area contributed by atoms with Gasteiger partial charge >= 0.3 is 0 Å². The number of ether oxygens (including phenoxy) is 1. The summed E-state index contributed by atoms with van der Waals surface area (Å²) in [6, 6.07) is 5.36. The highest BCUT2D eigenvalue weighted by atomic mass is 32.1. The quantitative estimate of drug-likeness (QED) is 0.850. The molecule has 3 atom stereocenters. The Morgan fingerprint density at radius 2 is 2.53 bits per heavy atom. The minimum atomic E-state index is 0.360. The molecule has 1 saturated heterocycles. The van der Waals surface area contributed by atoms with Gasteiger partial charge < -0.3 is 10.1 Å². The third-order valence-electron chi connectivity index (χ3n) is 3.09. The van der Waals surface area contributed by atoms with Crippen LogP contribution in [0.4, 0.5) is 0 Å². The van der Waals surface area contributed by atoms with Gasteiger partial charge in [0.1, 0.15) is 0 Å². The molecule has 0 saturated carbocycles. The smallest absolute Gasteiger partial charge is 0.0700 e. The molecule has 1 aromatic heterocycles. The van der Waals surface area contributed by atoms with Crippen molar-refractivity contribution >= 4 is 11.3 Å². The lowest BCUT2D eigenvalue weighted by Crippen LogP contribution is -2.37. The second-order valence-electron chi connectivity index (χ2n) is 4.11. The van der Waals surface area contributed by atoms with E-state index in [0.717, 1.165) is 19.4 Å². The van der Waals surface area contributed by atoms with Gasteiger partial charge in [0.05, 0.1) is 6.10 Å². The van der Waals surface area contributed by atoms with E-state index < -0.39 is 0 Å². The zero-order valence-corrected chi connectivity index (χ0v) is 10.2. The fraction of sp³-hybridized carbons (Fsp3) is 0.667. The maximum absolute atomic E-state index is 5.57. The summed E-state index contributed by atoms with van der Waals surface area (Å²) in [5.74, 6) is 0. The SMILES string of the molecule is CCC(NC1CCOC1C)c1cccs1. The van der Waals surface area contributed by atoms with E-state index >= 15 is 0 Å². The number of hydrogen-bond acceptors (Lipinski definition) is 3. The Bertz CT molecular complexity index is 286. The highest BCUT2D eigenvalue weighted by Gasteiger charge is 2.26. The molecule has 1 N–H and O–H groups in total.